The van der Waals surface area contributed by atoms with E-state index in [1.165, 1.54) is 0 Å². The van der Waals surface area contributed by atoms with E-state index in [1.807, 2.05) is 74.5 Å². The Hall–Kier alpha value is -8.31. The number of nitrogens with one attached hydrogen (secondary N) is 2. The molecule has 290 valence electrons. The molecular formula is C49H34N6O5. The largest absolute Gasteiger partial charge is 0.505 e. The number of nitrogens with zero attached hydrogens (tertiary/aromatic N) is 4. The van der Waals surface area contributed by atoms with Gasteiger partial charge in [0.1, 0.15) is 11.4 Å². The molecule has 2 amide bonds. The van der Waals surface area contributed by atoms with E-state index in [0.29, 0.717) is 66.5 Å². The lowest BCUT2D eigenvalue weighted by atomic mass is 10.0. The van der Waals surface area contributed by atoms with Crippen LogP contribution in [0.3, 0.4) is 0 Å². The molecule has 0 heterocycles. The second-order valence-electron chi connectivity index (χ2n) is 14.5. The molecule has 0 saturated carbocycles. The molecule has 60 heavy (non-hydrogen) atoms. The number of phenolic OH excluding ortho intramolecular Hbond substituents is 2. The molecule has 0 unspecified atom stereocenters. The molecule has 9 rings (SSSR count). The van der Waals surface area contributed by atoms with Gasteiger partial charge in [-0.3, -0.25) is 14.4 Å². The molecule has 0 radical (unpaired) electrons. The fourth-order valence-corrected chi connectivity index (χ4v) is 7.42. The number of aromatic hydroxyl groups is 2. The van der Waals surface area contributed by atoms with Crippen molar-refractivity contribution in [2.24, 2.45) is 20.5 Å². The fourth-order valence-electron chi connectivity index (χ4n) is 7.42. The van der Waals surface area contributed by atoms with Crippen LogP contribution in [-0.2, 0) is 0 Å². The number of carbonyl (C=O) groups excluding carboxylic acids is 3. The van der Waals surface area contributed by atoms with Gasteiger partial charge in [0.05, 0.1) is 22.5 Å². The lowest BCUT2D eigenvalue weighted by Crippen LogP contribution is -2.12. The maximum Gasteiger partial charge on any atom is 0.259 e. The molecule has 0 spiro atoms. The Morgan fingerprint density at radius 3 is 1.33 bits per heavy atom. The topological polar surface area (TPSA) is 165 Å². The molecule has 0 aliphatic heterocycles. The number of ketones is 1. The van der Waals surface area contributed by atoms with E-state index >= 15 is 0 Å². The number of aryl methyl sites for hydroxylation is 2. The van der Waals surface area contributed by atoms with Crippen molar-refractivity contribution in [3.8, 4) is 22.6 Å². The summed E-state index contributed by atoms with van der Waals surface area (Å²) in [6.07, 6.45) is 0. The fraction of sp³-hybridized carbons (Fsp3) is 0.0408. The van der Waals surface area contributed by atoms with E-state index < -0.39 is 11.8 Å². The van der Waals surface area contributed by atoms with Crippen molar-refractivity contribution >= 4 is 73.3 Å². The molecule has 0 atom stereocenters. The van der Waals surface area contributed by atoms with E-state index in [1.54, 1.807) is 84.9 Å². The molecule has 4 N–H and O–H groups in total. The summed E-state index contributed by atoms with van der Waals surface area (Å²) >= 11 is 0. The van der Waals surface area contributed by atoms with Gasteiger partial charge < -0.3 is 20.8 Å². The van der Waals surface area contributed by atoms with Crippen LogP contribution in [0.25, 0.3) is 32.7 Å². The molecule has 11 heteroatoms. The van der Waals surface area contributed by atoms with Gasteiger partial charge in [-0.1, -0.05) is 84.9 Å². The van der Waals surface area contributed by atoms with Crippen molar-refractivity contribution < 1.29 is 24.6 Å². The minimum Gasteiger partial charge on any atom is -0.505 e. The van der Waals surface area contributed by atoms with Crippen molar-refractivity contribution in [2.75, 3.05) is 10.6 Å². The molecule has 8 aromatic carbocycles. The SMILES string of the molecule is Cc1cccc(NC(=O)c2cc3ccccc3c(N=Nc3ccc4c(c3)C(=O)c3cc(N=Nc5c(O)c(C(=O)Nc6cccc(C)c6)cc6ccccc56)ccc3-4)c2O)c1. The van der Waals surface area contributed by atoms with Crippen LogP contribution in [-0.4, -0.2) is 27.8 Å². The van der Waals surface area contributed by atoms with Crippen LogP contribution in [0.5, 0.6) is 11.5 Å². The van der Waals surface area contributed by atoms with E-state index in [4.69, 9.17) is 0 Å². The zero-order valence-electron chi connectivity index (χ0n) is 32.3. The Balaban J connectivity index is 0.992. The van der Waals surface area contributed by atoms with Crippen LogP contribution >= 0.6 is 0 Å². The predicted octanol–water partition coefficient (Wildman–Crippen LogP) is 12.6. The second-order valence-corrected chi connectivity index (χ2v) is 14.5. The number of phenols is 2. The zero-order chi connectivity index (χ0) is 41.5. The Morgan fingerprint density at radius 1 is 0.467 bits per heavy atom. The zero-order valence-corrected chi connectivity index (χ0v) is 32.3. The van der Waals surface area contributed by atoms with Crippen LogP contribution in [0.2, 0.25) is 0 Å². The lowest BCUT2D eigenvalue weighted by molar-refractivity contribution is 0.101. The van der Waals surface area contributed by atoms with Gasteiger partial charge in [-0.15, -0.1) is 10.2 Å². The average Bonchev–Trinajstić information content (AvgIpc) is 3.52. The third kappa shape index (κ3) is 7.00. The molecule has 0 saturated heterocycles. The monoisotopic (exact) mass is 786 g/mol. The molecule has 0 fully saturated rings. The summed E-state index contributed by atoms with van der Waals surface area (Å²) in [6, 6.07) is 42.7. The van der Waals surface area contributed by atoms with Gasteiger partial charge in [0.2, 0.25) is 0 Å². The van der Waals surface area contributed by atoms with Crippen molar-refractivity contribution in [1.82, 2.24) is 0 Å². The Morgan fingerprint density at radius 2 is 0.900 bits per heavy atom. The number of carbonyl (C=O) groups is 3. The van der Waals surface area contributed by atoms with Crippen LogP contribution < -0.4 is 10.6 Å². The summed E-state index contributed by atoms with van der Waals surface area (Å²) in [7, 11) is 0. The number of fused-ring (bicyclic) bond motifs is 5. The second kappa shape index (κ2) is 15.2. The summed E-state index contributed by atoms with van der Waals surface area (Å²) in [5.74, 6) is -1.90. The van der Waals surface area contributed by atoms with Crippen molar-refractivity contribution in [2.45, 2.75) is 13.8 Å². The van der Waals surface area contributed by atoms with E-state index in [9.17, 15) is 24.6 Å². The van der Waals surface area contributed by atoms with Crippen molar-refractivity contribution in [3.63, 3.8) is 0 Å². The number of hydrogen-bond donors (Lipinski definition) is 4. The van der Waals surface area contributed by atoms with Gasteiger partial charge in [-0.25, -0.2) is 0 Å². The summed E-state index contributed by atoms with van der Waals surface area (Å²) in [5.41, 5.74) is 6.39. The molecule has 1 aliphatic rings. The highest BCUT2D eigenvalue weighted by Crippen LogP contribution is 2.44. The van der Waals surface area contributed by atoms with Gasteiger partial charge in [-0.05, 0) is 108 Å². The number of hydrogen-bond acceptors (Lipinski definition) is 9. The van der Waals surface area contributed by atoms with Gasteiger partial charge in [0, 0.05) is 33.3 Å². The van der Waals surface area contributed by atoms with E-state index in [0.717, 1.165) is 11.1 Å². The Bertz CT molecular complexity index is 2960. The molecule has 0 bridgehead atoms. The number of anilines is 2. The average molecular weight is 787 g/mol. The van der Waals surface area contributed by atoms with Crippen molar-refractivity contribution in [3.05, 3.63) is 179 Å². The van der Waals surface area contributed by atoms with Gasteiger partial charge in [0.25, 0.3) is 11.8 Å². The number of rotatable bonds is 8. The molecule has 1 aliphatic carbocycles. The molecule has 0 aromatic heterocycles. The smallest absolute Gasteiger partial charge is 0.259 e. The van der Waals surface area contributed by atoms with Crippen LogP contribution in [0.1, 0.15) is 47.8 Å². The highest BCUT2D eigenvalue weighted by molar-refractivity contribution is 6.22. The van der Waals surface area contributed by atoms with Crippen LogP contribution in [0.4, 0.5) is 34.1 Å². The van der Waals surface area contributed by atoms with Gasteiger partial charge in [0.15, 0.2) is 17.3 Å². The normalized spacial score (nSPS) is 12.0. The highest BCUT2D eigenvalue weighted by Gasteiger charge is 2.28. The van der Waals surface area contributed by atoms with E-state index in [-0.39, 0.29) is 39.8 Å². The summed E-state index contributed by atoms with van der Waals surface area (Å²) in [6.45, 7) is 3.84. The maximum absolute atomic E-state index is 13.9. The first-order valence-electron chi connectivity index (χ1n) is 19.0. The van der Waals surface area contributed by atoms with Gasteiger partial charge in [-0.2, -0.15) is 10.2 Å². The first-order valence-corrected chi connectivity index (χ1v) is 19.0. The molecular weight excluding hydrogens is 753 g/mol. The minimum atomic E-state index is -0.500. The van der Waals surface area contributed by atoms with Crippen molar-refractivity contribution in [1.29, 1.82) is 0 Å². The standard InChI is InChI=1S/C49H34N6O5/c1-27-9-7-13-31(21-27)50-48(59)41-23-29-11-3-5-15-35(29)43(46(41)57)54-52-33-17-19-37-38-20-18-34(26-40(38)45(56)39(37)25-33)53-55-44-36-16-6-4-12-30(36)24-42(47(44)58)49(60)51-32-14-8-10-28(2)22-32/h3-26,57-58H,1-2H3,(H,50,59)(H,51,60). The third-order valence-corrected chi connectivity index (χ3v) is 10.3. The number of azo groups is 2. The quantitative estimate of drug-likeness (QED) is 0.112. The summed E-state index contributed by atoms with van der Waals surface area (Å²) in [5, 5.41) is 48.7. The number of amides is 2. The van der Waals surface area contributed by atoms with E-state index in [2.05, 4.69) is 31.1 Å². The van der Waals surface area contributed by atoms with Crippen LogP contribution in [0, 0.1) is 13.8 Å². The first kappa shape index (κ1) is 37.3. The summed E-state index contributed by atoms with van der Waals surface area (Å²) in [4.78, 5) is 40.6. The lowest BCUT2D eigenvalue weighted by Gasteiger charge is -2.11. The minimum absolute atomic E-state index is 0.0383. The van der Waals surface area contributed by atoms with Crippen LogP contribution in [0.15, 0.2) is 166 Å². The van der Waals surface area contributed by atoms with Gasteiger partial charge >= 0.3 is 0 Å². The first-order chi connectivity index (χ1) is 29.1. The molecule has 8 aromatic rings. The predicted molar refractivity (Wildman–Crippen MR) is 233 cm³/mol. The third-order valence-electron chi connectivity index (χ3n) is 10.3. The summed E-state index contributed by atoms with van der Waals surface area (Å²) < 4.78 is 0. The highest BCUT2D eigenvalue weighted by atomic mass is 16.3. The Kier molecular flexibility index (Phi) is 9.45. The molecule has 11 nitrogen and oxygen atoms in total. The Labute approximate surface area is 343 Å². The maximum atomic E-state index is 13.9. The number of benzene rings is 8.